The Hall–Kier alpha value is -3.17. The summed E-state index contributed by atoms with van der Waals surface area (Å²) in [5.41, 5.74) is 2.60. The van der Waals surface area contributed by atoms with Crippen LogP contribution in [0.1, 0.15) is 32.0 Å². The summed E-state index contributed by atoms with van der Waals surface area (Å²) in [7, 11) is 1.53. The Labute approximate surface area is 216 Å². The van der Waals surface area contributed by atoms with Gasteiger partial charge in [-0.2, -0.15) is 11.8 Å². The fourth-order valence-electron chi connectivity index (χ4n) is 3.70. The maximum atomic E-state index is 13.1. The first-order valence-electron chi connectivity index (χ1n) is 11.1. The van der Waals surface area contributed by atoms with Crippen molar-refractivity contribution < 1.29 is 14.3 Å². The van der Waals surface area contributed by atoms with Gasteiger partial charge in [0.15, 0.2) is 5.78 Å². The Morgan fingerprint density at radius 1 is 1.09 bits per heavy atom. The number of carbonyl (C=O) groups is 2. The van der Waals surface area contributed by atoms with Gasteiger partial charge in [-0.1, -0.05) is 12.1 Å². The molecule has 3 aromatic rings. The van der Waals surface area contributed by atoms with Crippen LogP contribution in [0.3, 0.4) is 0 Å². The Bertz CT molecular complexity index is 1230. The predicted molar refractivity (Wildman–Crippen MR) is 143 cm³/mol. The van der Waals surface area contributed by atoms with E-state index in [1.54, 1.807) is 54.7 Å². The van der Waals surface area contributed by atoms with Crippen LogP contribution in [0.25, 0.3) is 0 Å². The van der Waals surface area contributed by atoms with Gasteiger partial charge in [0.1, 0.15) is 11.6 Å². The summed E-state index contributed by atoms with van der Waals surface area (Å²) in [5, 5.41) is 11.3. The summed E-state index contributed by atoms with van der Waals surface area (Å²) >= 11 is 5.24. The van der Waals surface area contributed by atoms with E-state index < -0.39 is 0 Å². The number of aromatic nitrogens is 1. The molecule has 1 amide bonds. The number of benzene rings is 2. The Morgan fingerprint density at radius 2 is 1.80 bits per heavy atom. The number of methoxy groups -OCH3 is 1. The van der Waals surface area contributed by atoms with Gasteiger partial charge in [-0.15, -0.1) is 0 Å². The number of thioether (sulfide) groups is 1. The maximum absolute atomic E-state index is 13.1. The SMILES string of the molecule is COc1ccc(NC(=O)c2ccc(C(=N)N3CCSCC3)cc2)c(C(=O)Cc2ccc(Br)cn2)c1. The third-order valence-corrected chi connectivity index (χ3v) is 7.07. The average molecular weight is 553 g/mol. The number of amidine groups is 1. The van der Waals surface area contributed by atoms with Crippen LogP contribution in [-0.4, -0.2) is 59.1 Å². The number of pyridine rings is 1. The largest absolute Gasteiger partial charge is 0.497 e. The quantitative estimate of drug-likeness (QED) is 0.246. The number of carbonyl (C=O) groups excluding carboxylic acids is 2. The number of ether oxygens (including phenoxy) is 1. The Balaban J connectivity index is 1.49. The molecule has 2 N–H and O–H groups in total. The van der Waals surface area contributed by atoms with Gasteiger partial charge in [-0.25, -0.2) is 0 Å². The van der Waals surface area contributed by atoms with Crippen molar-refractivity contribution in [2.24, 2.45) is 0 Å². The number of Topliss-reactive ketones (excluding diaryl/α,β-unsaturated/α-hetero) is 1. The molecule has 2 heterocycles. The normalized spacial score (nSPS) is 13.3. The summed E-state index contributed by atoms with van der Waals surface area (Å²) in [5.74, 6) is 2.51. The maximum Gasteiger partial charge on any atom is 0.255 e. The summed E-state index contributed by atoms with van der Waals surface area (Å²) in [6, 6.07) is 15.6. The van der Waals surface area contributed by atoms with Crippen LogP contribution in [-0.2, 0) is 6.42 Å². The molecule has 4 rings (SSSR count). The first-order chi connectivity index (χ1) is 16.9. The highest BCUT2D eigenvalue weighted by Crippen LogP contribution is 2.25. The molecule has 0 saturated carbocycles. The molecule has 1 saturated heterocycles. The van der Waals surface area contributed by atoms with Crippen molar-refractivity contribution in [1.82, 2.24) is 9.88 Å². The van der Waals surface area contributed by atoms with E-state index in [2.05, 4.69) is 31.1 Å². The molecule has 180 valence electrons. The molecule has 1 aliphatic heterocycles. The van der Waals surface area contributed by atoms with Crippen molar-refractivity contribution in [2.75, 3.05) is 37.0 Å². The van der Waals surface area contributed by atoms with Crippen LogP contribution in [0.4, 0.5) is 5.69 Å². The number of anilines is 1. The summed E-state index contributed by atoms with van der Waals surface area (Å²) in [6.07, 6.45) is 1.74. The van der Waals surface area contributed by atoms with Gasteiger partial charge >= 0.3 is 0 Å². The van der Waals surface area contributed by atoms with Gasteiger partial charge in [0.25, 0.3) is 5.91 Å². The van der Waals surface area contributed by atoms with Gasteiger partial charge in [0, 0.05) is 57.6 Å². The molecular weight excluding hydrogens is 528 g/mol. The lowest BCUT2D eigenvalue weighted by Crippen LogP contribution is -2.37. The predicted octanol–water partition coefficient (Wildman–Crippen LogP) is 4.90. The first kappa shape index (κ1) is 24.9. The highest BCUT2D eigenvalue weighted by atomic mass is 79.9. The highest BCUT2D eigenvalue weighted by molar-refractivity contribution is 9.10. The molecule has 0 atom stereocenters. The molecule has 0 unspecified atom stereocenters. The minimum absolute atomic E-state index is 0.0924. The Morgan fingerprint density at radius 3 is 2.46 bits per heavy atom. The Kier molecular flexibility index (Phi) is 8.20. The second-order valence-corrected chi connectivity index (χ2v) is 10.1. The van der Waals surface area contributed by atoms with Crippen LogP contribution in [0.5, 0.6) is 5.75 Å². The van der Waals surface area contributed by atoms with Gasteiger partial charge in [-0.05, 0) is 58.4 Å². The lowest BCUT2D eigenvalue weighted by molar-refractivity contribution is 0.0992. The van der Waals surface area contributed by atoms with Crippen LogP contribution in [0.15, 0.2) is 65.3 Å². The minimum Gasteiger partial charge on any atom is -0.497 e. The van der Waals surface area contributed by atoms with E-state index in [0.29, 0.717) is 34.1 Å². The van der Waals surface area contributed by atoms with Crippen molar-refractivity contribution >= 4 is 50.9 Å². The number of halogens is 1. The molecule has 1 fully saturated rings. The highest BCUT2D eigenvalue weighted by Gasteiger charge is 2.18. The average Bonchev–Trinajstić information content (AvgIpc) is 2.90. The molecule has 0 spiro atoms. The van der Waals surface area contributed by atoms with Crippen LogP contribution in [0, 0.1) is 5.41 Å². The summed E-state index contributed by atoms with van der Waals surface area (Å²) in [6.45, 7) is 1.71. The van der Waals surface area contributed by atoms with Crippen molar-refractivity contribution in [1.29, 1.82) is 5.41 Å². The van der Waals surface area contributed by atoms with E-state index in [1.807, 2.05) is 17.8 Å². The topological polar surface area (TPSA) is 95.4 Å². The third-order valence-electron chi connectivity index (χ3n) is 5.65. The third kappa shape index (κ3) is 6.29. The molecule has 35 heavy (non-hydrogen) atoms. The lowest BCUT2D eigenvalue weighted by Gasteiger charge is -2.28. The number of nitrogens with one attached hydrogen (secondary N) is 2. The van der Waals surface area contributed by atoms with E-state index in [4.69, 9.17) is 10.1 Å². The monoisotopic (exact) mass is 552 g/mol. The van der Waals surface area contributed by atoms with Crippen molar-refractivity contribution in [2.45, 2.75) is 6.42 Å². The fourth-order valence-corrected chi connectivity index (χ4v) is 4.84. The zero-order chi connectivity index (χ0) is 24.8. The second-order valence-electron chi connectivity index (χ2n) is 7.96. The number of ketones is 1. The number of hydrogen-bond acceptors (Lipinski definition) is 6. The molecule has 0 bridgehead atoms. The minimum atomic E-state index is -0.335. The van der Waals surface area contributed by atoms with Gasteiger partial charge in [-0.3, -0.25) is 20.0 Å². The van der Waals surface area contributed by atoms with E-state index in [-0.39, 0.29) is 18.1 Å². The van der Waals surface area contributed by atoms with Crippen molar-refractivity contribution in [3.05, 3.63) is 87.7 Å². The molecule has 0 aliphatic carbocycles. The number of amides is 1. The van der Waals surface area contributed by atoms with Crippen LogP contribution in [0.2, 0.25) is 0 Å². The van der Waals surface area contributed by atoms with E-state index in [1.165, 1.54) is 7.11 Å². The molecule has 0 radical (unpaired) electrons. The molecule has 9 heteroatoms. The number of nitrogens with zero attached hydrogens (tertiary/aromatic N) is 2. The standard InChI is InChI=1S/C26H25BrN4O3S/c1-34-21-8-9-23(22(15-21)24(32)14-20-7-6-19(27)16-29-20)30-26(33)18-4-2-17(3-5-18)25(28)31-10-12-35-13-11-31/h2-9,15-16,28H,10-14H2,1H3,(H,30,33). The molecular formula is C26H25BrN4O3S. The smallest absolute Gasteiger partial charge is 0.255 e. The number of hydrogen-bond donors (Lipinski definition) is 2. The second kappa shape index (κ2) is 11.5. The van der Waals surface area contributed by atoms with E-state index in [0.717, 1.165) is 34.6 Å². The fraction of sp³-hybridized carbons (Fsp3) is 0.231. The van der Waals surface area contributed by atoms with E-state index >= 15 is 0 Å². The van der Waals surface area contributed by atoms with Crippen LogP contribution >= 0.6 is 27.7 Å². The summed E-state index contributed by atoms with van der Waals surface area (Å²) < 4.78 is 6.12. The van der Waals surface area contributed by atoms with Crippen molar-refractivity contribution in [3.8, 4) is 5.75 Å². The van der Waals surface area contributed by atoms with E-state index in [9.17, 15) is 9.59 Å². The molecule has 2 aromatic carbocycles. The van der Waals surface area contributed by atoms with Crippen LogP contribution < -0.4 is 10.1 Å². The first-order valence-corrected chi connectivity index (χ1v) is 13.0. The van der Waals surface area contributed by atoms with Gasteiger partial charge in [0.05, 0.1) is 19.2 Å². The molecule has 7 nitrogen and oxygen atoms in total. The lowest BCUT2D eigenvalue weighted by atomic mass is 10.0. The van der Waals surface area contributed by atoms with Gasteiger partial charge in [0.2, 0.25) is 0 Å². The summed E-state index contributed by atoms with van der Waals surface area (Å²) in [4.78, 5) is 32.4. The molecule has 1 aromatic heterocycles. The van der Waals surface area contributed by atoms with Gasteiger partial charge < -0.3 is 15.0 Å². The zero-order valence-corrected chi connectivity index (χ0v) is 21.6. The zero-order valence-electron chi connectivity index (χ0n) is 19.2. The number of rotatable bonds is 7. The van der Waals surface area contributed by atoms with Crippen molar-refractivity contribution in [3.63, 3.8) is 0 Å². The molecule has 1 aliphatic rings.